The van der Waals surface area contributed by atoms with Gasteiger partial charge in [0.05, 0.1) is 10.9 Å². The monoisotopic (exact) mass is 493 g/mol. The van der Waals surface area contributed by atoms with E-state index in [1.807, 2.05) is 17.0 Å². The number of rotatable bonds is 8. The molecule has 184 valence electrons. The molecule has 4 rings (SSSR count). The normalized spacial score (nSPS) is 14.9. The molecule has 1 amide bonds. The number of benzene rings is 3. The van der Waals surface area contributed by atoms with Crippen LogP contribution < -0.4 is 4.74 Å². The average Bonchev–Trinajstić information content (AvgIpc) is 2.89. The number of sulfonamides is 1. The lowest BCUT2D eigenvalue weighted by molar-refractivity contribution is -0.135. The van der Waals surface area contributed by atoms with E-state index in [1.165, 1.54) is 37.4 Å². The van der Waals surface area contributed by atoms with Gasteiger partial charge in [0, 0.05) is 40.3 Å². The fourth-order valence-corrected chi connectivity index (χ4v) is 5.17. The molecule has 0 radical (unpaired) electrons. The van der Waals surface area contributed by atoms with Gasteiger partial charge in [-0.3, -0.25) is 9.69 Å². The molecule has 7 nitrogen and oxygen atoms in total. The number of carbonyl (C=O) groups excluding carboxylic acids is 1. The van der Waals surface area contributed by atoms with E-state index in [0.29, 0.717) is 18.8 Å². The second kappa shape index (κ2) is 11.0. The molecule has 0 unspecified atom stereocenters. The Morgan fingerprint density at radius 1 is 0.829 bits per heavy atom. The minimum Gasteiger partial charge on any atom is -0.484 e. The van der Waals surface area contributed by atoms with Crippen molar-refractivity contribution >= 4 is 15.9 Å². The van der Waals surface area contributed by atoms with E-state index in [2.05, 4.69) is 53.4 Å². The van der Waals surface area contributed by atoms with Gasteiger partial charge >= 0.3 is 0 Å². The van der Waals surface area contributed by atoms with Gasteiger partial charge in [-0.2, -0.15) is 0 Å². The van der Waals surface area contributed by atoms with Crippen LogP contribution in [0.25, 0.3) is 0 Å². The van der Waals surface area contributed by atoms with Crippen molar-refractivity contribution < 1.29 is 17.9 Å². The van der Waals surface area contributed by atoms with Crippen molar-refractivity contribution in [1.29, 1.82) is 0 Å². The molecule has 0 saturated carbocycles. The second-order valence-corrected chi connectivity index (χ2v) is 10.8. The van der Waals surface area contributed by atoms with E-state index in [1.54, 1.807) is 12.1 Å². The third-order valence-electron chi connectivity index (χ3n) is 6.23. The quantitative estimate of drug-likeness (QED) is 0.482. The topological polar surface area (TPSA) is 70.2 Å². The molecule has 1 fully saturated rings. The molecule has 8 heteroatoms. The number of hydrogen-bond donors (Lipinski definition) is 0. The van der Waals surface area contributed by atoms with Crippen LogP contribution in [0.15, 0.2) is 89.8 Å². The minimum atomic E-state index is -3.50. The number of nitrogens with zero attached hydrogens (tertiary/aromatic N) is 3. The summed E-state index contributed by atoms with van der Waals surface area (Å²) < 4.78 is 31.2. The maximum atomic E-state index is 12.8. The molecule has 0 bridgehead atoms. The summed E-state index contributed by atoms with van der Waals surface area (Å²) in [6, 6.07) is 27.2. The second-order valence-electron chi connectivity index (χ2n) is 8.69. The summed E-state index contributed by atoms with van der Waals surface area (Å²) in [6.45, 7) is 2.69. The number of piperazine rings is 1. The van der Waals surface area contributed by atoms with Crippen molar-refractivity contribution in [2.24, 2.45) is 0 Å². The Bertz CT molecular complexity index is 1170. The SMILES string of the molecule is CN(C)S(=O)(=O)c1ccc(OCC(=O)N2CCN(C(c3ccccc3)c3ccccc3)CC2)cc1. The highest BCUT2D eigenvalue weighted by atomic mass is 32.2. The van der Waals surface area contributed by atoms with Crippen LogP contribution in [0.3, 0.4) is 0 Å². The van der Waals surface area contributed by atoms with Crippen molar-refractivity contribution in [3.8, 4) is 5.75 Å². The molecule has 1 aliphatic rings. The molecule has 0 N–H and O–H groups in total. The summed E-state index contributed by atoms with van der Waals surface area (Å²) >= 11 is 0. The summed E-state index contributed by atoms with van der Waals surface area (Å²) in [6.07, 6.45) is 0. The van der Waals surface area contributed by atoms with Gasteiger partial charge in [-0.05, 0) is 35.4 Å². The first-order valence-corrected chi connectivity index (χ1v) is 13.1. The largest absolute Gasteiger partial charge is 0.484 e. The first-order chi connectivity index (χ1) is 16.9. The molecule has 1 heterocycles. The summed E-state index contributed by atoms with van der Waals surface area (Å²) in [5, 5.41) is 0. The Hall–Kier alpha value is -3.20. The molecule has 0 spiro atoms. The minimum absolute atomic E-state index is 0.0781. The standard InChI is InChI=1S/C27H31N3O4S/c1-28(2)35(32,33)25-15-13-24(14-16-25)34-21-26(31)29-17-19-30(20-18-29)27(22-9-5-3-6-10-22)23-11-7-4-8-12-23/h3-16,27H,17-21H2,1-2H3. The summed E-state index contributed by atoms with van der Waals surface area (Å²) in [5.41, 5.74) is 2.48. The molecule has 3 aromatic carbocycles. The molecule has 0 aromatic heterocycles. The highest BCUT2D eigenvalue weighted by Gasteiger charge is 2.28. The molecular weight excluding hydrogens is 462 g/mol. The van der Waals surface area contributed by atoms with Gasteiger partial charge in [0.2, 0.25) is 10.0 Å². The maximum absolute atomic E-state index is 12.8. The van der Waals surface area contributed by atoms with Crippen LogP contribution >= 0.6 is 0 Å². The Morgan fingerprint density at radius 2 is 1.34 bits per heavy atom. The Kier molecular flexibility index (Phi) is 7.85. The smallest absolute Gasteiger partial charge is 0.260 e. The predicted molar refractivity (Wildman–Crippen MR) is 136 cm³/mol. The van der Waals surface area contributed by atoms with Crippen molar-refractivity contribution in [2.45, 2.75) is 10.9 Å². The van der Waals surface area contributed by atoms with Crippen LogP contribution in [0, 0.1) is 0 Å². The van der Waals surface area contributed by atoms with Gasteiger partial charge in [-0.15, -0.1) is 0 Å². The Labute approximate surface area is 207 Å². The van der Waals surface area contributed by atoms with Gasteiger partial charge < -0.3 is 9.64 Å². The van der Waals surface area contributed by atoms with Gasteiger partial charge in [0.1, 0.15) is 5.75 Å². The van der Waals surface area contributed by atoms with Crippen LogP contribution in [-0.2, 0) is 14.8 Å². The van der Waals surface area contributed by atoms with Crippen LogP contribution in [0.4, 0.5) is 0 Å². The number of hydrogen-bond acceptors (Lipinski definition) is 5. The van der Waals surface area contributed by atoms with E-state index >= 15 is 0 Å². The fraction of sp³-hybridized carbons (Fsp3) is 0.296. The lowest BCUT2D eigenvalue weighted by Gasteiger charge is -2.39. The van der Waals surface area contributed by atoms with Crippen molar-refractivity contribution in [3.63, 3.8) is 0 Å². The van der Waals surface area contributed by atoms with Crippen molar-refractivity contribution in [3.05, 3.63) is 96.1 Å². The lowest BCUT2D eigenvalue weighted by Crippen LogP contribution is -2.51. The highest BCUT2D eigenvalue weighted by molar-refractivity contribution is 7.89. The zero-order chi connectivity index (χ0) is 24.8. The molecule has 1 saturated heterocycles. The highest BCUT2D eigenvalue weighted by Crippen LogP contribution is 2.29. The number of carbonyl (C=O) groups is 1. The predicted octanol–water partition coefficient (Wildman–Crippen LogP) is 3.25. The van der Waals surface area contributed by atoms with Crippen LogP contribution in [-0.4, -0.2) is 75.3 Å². The maximum Gasteiger partial charge on any atom is 0.260 e. The molecule has 35 heavy (non-hydrogen) atoms. The molecule has 0 atom stereocenters. The third-order valence-corrected chi connectivity index (χ3v) is 8.06. The van der Waals surface area contributed by atoms with Crippen LogP contribution in [0.5, 0.6) is 5.75 Å². The van der Waals surface area contributed by atoms with E-state index in [4.69, 9.17) is 4.74 Å². The average molecular weight is 494 g/mol. The van der Waals surface area contributed by atoms with Crippen LogP contribution in [0.1, 0.15) is 17.2 Å². The summed E-state index contributed by atoms with van der Waals surface area (Å²) in [5.74, 6) is 0.383. The Morgan fingerprint density at radius 3 is 1.83 bits per heavy atom. The molecular formula is C27H31N3O4S. The third kappa shape index (κ3) is 5.90. The summed E-state index contributed by atoms with van der Waals surface area (Å²) in [4.78, 5) is 17.2. The van der Waals surface area contributed by atoms with E-state index in [0.717, 1.165) is 17.4 Å². The van der Waals surface area contributed by atoms with Gasteiger partial charge in [0.25, 0.3) is 5.91 Å². The first-order valence-electron chi connectivity index (χ1n) is 11.6. The van der Waals surface area contributed by atoms with E-state index < -0.39 is 10.0 Å². The molecule has 0 aliphatic carbocycles. The fourth-order valence-electron chi connectivity index (χ4n) is 4.27. The summed E-state index contributed by atoms with van der Waals surface area (Å²) in [7, 11) is -0.524. The van der Waals surface area contributed by atoms with Crippen molar-refractivity contribution in [1.82, 2.24) is 14.1 Å². The number of amides is 1. The van der Waals surface area contributed by atoms with Crippen molar-refractivity contribution in [2.75, 3.05) is 46.9 Å². The lowest BCUT2D eigenvalue weighted by atomic mass is 9.96. The van der Waals surface area contributed by atoms with E-state index in [9.17, 15) is 13.2 Å². The Balaban J connectivity index is 1.34. The van der Waals surface area contributed by atoms with Gasteiger partial charge in [-0.25, -0.2) is 12.7 Å². The first kappa shape index (κ1) is 24.9. The molecule has 1 aliphatic heterocycles. The van der Waals surface area contributed by atoms with Gasteiger partial charge in [-0.1, -0.05) is 60.7 Å². The zero-order valence-electron chi connectivity index (χ0n) is 20.1. The van der Waals surface area contributed by atoms with E-state index in [-0.39, 0.29) is 23.5 Å². The van der Waals surface area contributed by atoms with Crippen LogP contribution in [0.2, 0.25) is 0 Å². The molecule has 3 aromatic rings. The van der Waals surface area contributed by atoms with Gasteiger partial charge in [0.15, 0.2) is 6.61 Å². The number of ether oxygens (including phenoxy) is 1. The zero-order valence-corrected chi connectivity index (χ0v) is 20.9.